The number of benzene rings is 2. The second-order valence-corrected chi connectivity index (χ2v) is 13.7. The van der Waals surface area contributed by atoms with Crippen molar-refractivity contribution in [1.82, 2.24) is 29.6 Å². The zero-order chi connectivity index (χ0) is 33.0. The topological polar surface area (TPSA) is 143 Å². The van der Waals surface area contributed by atoms with Gasteiger partial charge < -0.3 is 20.3 Å². The molecule has 2 aromatic heterocycles. The number of fused-ring (bicyclic) bond motifs is 1. The smallest absolute Gasteiger partial charge is 0.296 e. The predicted octanol–water partition coefficient (Wildman–Crippen LogP) is 3.96. The van der Waals surface area contributed by atoms with Crippen LogP contribution >= 0.6 is 0 Å². The summed E-state index contributed by atoms with van der Waals surface area (Å²) in [6, 6.07) is 15.1. The minimum absolute atomic E-state index is 0.0579. The van der Waals surface area contributed by atoms with Crippen LogP contribution < -0.4 is 20.3 Å². The number of hydrogen-bond donors (Lipinski definition) is 3. The van der Waals surface area contributed by atoms with E-state index < -0.39 is 16.4 Å². The maximum atomic E-state index is 14.2. The third-order valence-electron chi connectivity index (χ3n) is 8.56. The molecular weight excluding hydrogens is 630 g/mol. The quantitative estimate of drug-likeness (QED) is 0.216. The van der Waals surface area contributed by atoms with Crippen LogP contribution in [0.2, 0.25) is 0 Å². The van der Waals surface area contributed by atoms with Gasteiger partial charge in [0.1, 0.15) is 11.6 Å². The van der Waals surface area contributed by atoms with E-state index in [9.17, 15) is 22.0 Å². The Balaban J connectivity index is 1.08. The molecule has 250 valence electrons. The SMILES string of the molecule is Cc1ccc(S(=O)(=O)NCC(=O)N[C@H]2CC[C@H](CNc3nc(N4CCOCC4)cc(-n4c(C(F)F)nc5ccccc54)n3)CC2)cc1. The van der Waals surface area contributed by atoms with Gasteiger partial charge in [-0.15, -0.1) is 0 Å². The Morgan fingerprint density at radius 2 is 1.68 bits per heavy atom. The van der Waals surface area contributed by atoms with E-state index in [4.69, 9.17) is 9.72 Å². The molecule has 1 saturated carbocycles. The Bertz CT molecular complexity index is 1810. The number of carbonyl (C=O) groups excluding carboxylic acids is 1. The van der Waals surface area contributed by atoms with Crippen molar-refractivity contribution in [1.29, 1.82) is 0 Å². The predicted molar refractivity (Wildman–Crippen MR) is 173 cm³/mol. The fourth-order valence-corrected chi connectivity index (χ4v) is 6.97. The molecule has 1 aliphatic carbocycles. The lowest BCUT2D eigenvalue weighted by Gasteiger charge is -2.30. The Labute approximate surface area is 272 Å². The number of amides is 1. The Kier molecular flexibility index (Phi) is 9.94. The molecule has 2 fully saturated rings. The molecule has 4 aromatic rings. The molecule has 0 atom stereocenters. The lowest BCUT2D eigenvalue weighted by Crippen LogP contribution is -2.43. The molecule has 1 amide bonds. The first-order valence-corrected chi connectivity index (χ1v) is 17.2. The van der Waals surface area contributed by atoms with E-state index in [2.05, 4.69) is 30.2 Å². The van der Waals surface area contributed by atoms with E-state index >= 15 is 0 Å². The summed E-state index contributed by atoms with van der Waals surface area (Å²) in [7, 11) is -3.78. The van der Waals surface area contributed by atoms with Crippen LogP contribution in [0.15, 0.2) is 59.5 Å². The normalized spacial score (nSPS) is 18.9. The number of rotatable bonds is 11. The van der Waals surface area contributed by atoms with Gasteiger partial charge in [0.15, 0.2) is 5.82 Å². The van der Waals surface area contributed by atoms with Gasteiger partial charge in [0.2, 0.25) is 21.9 Å². The van der Waals surface area contributed by atoms with Crippen LogP contribution in [0, 0.1) is 12.8 Å². The Morgan fingerprint density at radius 3 is 2.40 bits per heavy atom. The molecule has 3 heterocycles. The number of anilines is 2. The third-order valence-corrected chi connectivity index (χ3v) is 9.98. The molecule has 0 bridgehead atoms. The van der Waals surface area contributed by atoms with E-state index in [0.29, 0.717) is 61.5 Å². The summed E-state index contributed by atoms with van der Waals surface area (Å²) < 4.78 is 62.6. The van der Waals surface area contributed by atoms with Crippen LogP contribution in [0.3, 0.4) is 0 Å². The summed E-state index contributed by atoms with van der Waals surface area (Å²) in [5.41, 5.74) is 1.93. The maximum Gasteiger partial charge on any atom is 0.296 e. The number of alkyl halides is 2. The van der Waals surface area contributed by atoms with Crippen molar-refractivity contribution >= 4 is 38.7 Å². The van der Waals surface area contributed by atoms with Crippen molar-refractivity contribution in [2.75, 3.05) is 49.6 Å². The van der Waals surface area contributed by atoms with E-state index in [-0.39, 0.29) is 35.1 Å². The second-order valence-electron chi connectivity index (χ2n) is 11.9. The van der Waals surface area contributed by atoms with E-state index in [1.807, 2.05) is 6.92 Å². The summed E-state index contributed by atoms with van der Waals surface area (Å²) >= 11 is 0. The zero-order valence-corrected chi connectivity index (χ0v) is 26.8. The fraction of sp³-hybridized carbons (Fsp3) is 0.438. The van der Waals surface area contributed by atoms with Gasteiger partial charge in [-0.2, -0.15) is 9.97 Å². The first-order valence-electron chi connectivity index (χ1n) is 15.7. The number of imidazole rings is 1. The minimum Gasteiger partial charge on any atom is -0.378 e. The summed E-state index contributed by atoms with van der Waals surface area (Å²) in [6.45, 7) is 4.41. The van der Waals surface area contributed by atoms with Crippen molar-refractivity contribution in [3.63, 3.8) is 0 Å². The summed E-state index contributed by atoms with van der Waals surface area (Å²) in [6.07, 6.45) is 0.322. The maximum absolute atomic E-state index is 14.2. The van der Waals surface area contributed by atoms with Gasteiger partial charge in [-0.25, -0.2) is 26.9 Å². The molecule has 3 N–H and O–H groups in total. The highest BCUT2D eigenvalue weighted by Gasteiger charge is 2.26. The molecule has 15 heteroatoms. The van der Waals surface area contributed by atoms with Crippen LogP contribution in [-0.2, 0) is 19.6 Å². The molecule has 47 heavy (non-hydrogen) atoms. The molecule has 0 spiro atoms. The first kappa shape index (κ1) is 32.7. The Morgan fingerprint density at radius 1 is 0.979 bits per heavy atom. The van der Waals surface area contributed by atoms with Crippen LogP contribution in [0.1, 0.15) is 43.5 Å². The van der Waals surface area contributed by atoms with Crippen LogP contribution in [-0.4, -0.2) is 79.3 Å². The number of nitrogens with zero attached hydrogens (tertiary/aromatic N) is 5. The zero-order valence-electron chi connectivity index (χ0n) is 26.0. The highest BCUT2D eigenvalue weighted by atomic mass is 32.2. The number of morpholine rings is 1. The molecule has 1 saturated heterocycles. The van der Waals surface area contributed by atoms with Gasteiger partial charge in [-0.1, -0.05) is 29.8 Å². The molecule has 12 nitrogen and oxygen atoms in total. The summed E-state index contributed by atoms with van der Waals surface area (Å²) in [5.74, 6) is 0.761. The highest BCUT2D eigenvalue weighted by Crippen LogP contribution is 2.30. The van der Waals surface area contributed by atoms with Crippen molar-refractivity contribution in [2.45, 2.75) is 50.0 Å². The number of aryl methyl sites for hydroxylation is 1. The number of sulfonamides is 1. The van der Waals surface area contributed by atoms with Gasteiger partial charge in [0.25, 0.3) is 6.43 Å². The molecule has 0 radical (unpaired) electrons. The Hall–Kier alpha value is -4.21. The van der Waals surface area contributed by atoms with Crippen LogP contribution in [0.5, 0.6) is 0 Å². The number of para-hydroxylation sites is 2. The standard InChI is InChI=1S/C32H38F2N8O4S/c1-21-6-12-24(13-7-21)47(44,45)36-20-29(43)37-23-10-8-22(9-11-23)19-35-32-39-27(41-14-16-46-17-15-41)18-28(40-32)42-26-5-3-2-4-25(26)38-31(42)30(33)34/h2-7,12-13,18,22-23,30,36H,8-11,14-17,19-20H2,1H3,(H,37,43)(H,35,39,40)/t22-,23-. The summed E-state index contributed by atoms with van der Waals surface area (Å²) in [4.78, 5) is 28.3. The number of carbonyl (C=O) groups is 1. The van der Waals surface area contributed by atoms with E-state index in [1.165, 1.54) is 16.7 Å². The largest absolute Gasteiger partial charge is 0.378 e. The van der Waals surface area contributed by atoms with Gasteiger partial charge >= 0.3 is 0 Å². The first-order chi connectivity index (χ1) is 22.7. The lowest BCUT2D eigenvalue weighted by atomic mass is 9.86. The van der Waals surface area contributed by atoms with E-state index in [0.717, 1.165) is 31.2 Å². The van der Waals surface area contributed by atoms with Crippen molar-refractivity contribution < 1.29 is 26.7 Å². The molecular formula is C32H38F2N8O4S. The number of hydrogen-bond acceptors (Lipinski definition) is 9. The van der Waals surface area contributed by atoms with Crippen LogP contribution in [0.4, 0.5) is 20.5 Å². The van der Waals surface area contributed by atoms with Crippen molar-refractivity contribution in [3.8, 4) is 5.82 Å². The van der Waals surface area contributed by atoms with Gasteiger partial charge in [0, 0.05) is 31.7 Å². The number of aromatic nitrogens is 4. The number of ether oxygens (including phenoxy) is 1. The van der Waals surface area contributed by atoms with Crippen LogP contribution in [0.25, 0.3) is 16.9 Å². The fourth-order valence-electron chi connectivity index (χ4n) is 5.99. The molecule has 2 aliphatic rings. The molecule has 6 rings (SSSR count). The number of nitrogens with one attached hydrogen (secondary N) is 3. The van der Waals surface area contributed by atoms with Crippen molar-refractivity contribution in [2.24, 2.45) is 5.92 Å². The average Bonchev–Trinajstić information content (AvgIpc) is 3.48. The highest BCUT2D eigenvalue weighted by molar-refractivity contribution is 7.89. The molecule has 0 unspecified atom stereocenters. The van der Waals surface area contributed by atoms with Crippen molar-refractivity contribution in [3.05, 3.63) is 66.0 Å². The molecule has 1 aliphatic heterocycles. The van der Waals surface area contributed by atoms with E-state index in [1.54, 1.807) is 42.5 Å². The second kappa shape index (κ2) is 14.3. The summed E-state index contributed by atoms with van der Waals surface area (Å²) in [5, 5.41) is 6.28. The number of halogens is 2. The van der Waals surface area contributed by atoms with Gasteiger partial charge in [-0.05, 0) is 62.8 Å². The lowest BCUT2D eigenvalue weighted by molar-refractivity contribution is -0.120. The van der Waals surface area contributed by atoms with Gasteiger partial charge in [-0.3, -0.25) is 9.36 Å². The minimum atomic E-state index is -3.78. The third kappa shape index (κ3) is 7.85. The van der Waals surface area contributed by atoms with Gasteiger partial charge in [0.05, 0.1) is 35.7 Å². The average molecular weight is 669 g/mol. The monoisotopic (exact) mass is 668 g/mol. The molecule has 2 aromatic carbocycles.